The lowest BCUT2D eigenvalue weighted by molar-refractivity contribution is 0.216. The van der Waals surface area contributed by atoms with Gasteiger partial charge in [0.05, 0.1) is 0 Å². The van der Waals surface area contributed by atoms with Gasteiger partial charge in [0.25, 0.3) is 0 Å². The smallest absolute Gasteiger partial charge is 0.0326 e. The Kier molecular flexibility index (Phi) is 28.2. The quantitative estimate of drug-likeness (QED) is 0.283. The average molecular weight is 395 g/mol. The third-order valence-electron chi connectivity index (χ3n) is 5.27. The van der Waals surface area contributed by atoms with Crippen molar-refractivity contribution in [2.75, 3.05) is 0 Å². The highest BCUT2D eigenvalue weighted by atomic mass is 14.3. The van der Waals surface area contributed by atoms with Gasteiger partial charge < -0.3 is 0 Å². The van der Waals surface area contributed by atoms with E-state index in [0.29, 0.717) is 0 Å². The first-order valence-corrected chi connectivity index (χ1v) is 12.4. The third kappa shape index (κ3) is 30.2. The van der Waals surface area contributed by atoms with E-state index in [1.54, 1.807) is 0 Å². The highest BCUT2D eigenvalue weighted by Crippen LogP contribution is 2.34. The zero-order chi connectivity index (χ0) is 22.4. The Hall–Kier alpha value is -0.520. The van der Waals surface area contributed by atoms with Gasteiger partial charge in [0.2, 0.25) is 0 Å². The molecule has 2 unspecified atom stereocenters. The first-order valence-electron chi connectivity index (χ1n) is 12.4. The topological polar surface area (TPSA) is 0 Å². The van der Waals surface area contributed by atoms with Gasteiger partial charge in [-0.25, -0.2) is 0 Å². The van der Waals surface area contributed by atoms with E-state index in [2.05, 4.69) is 61.6 Å². The van der Waals surface area contributed by atoms with Crippen LogP contribution in [0.3, 0.4) is 0 Å². The molecule has 1 aliphatic carbocycles. The molecule has 0 amide bonds. The first-order chi connectivity index (χ1) is 13.2. The number of unbranched alkanes of at least 4 members (excludes halogenated alkanes) is 2. The summed E-state index contributed by atoms with van der Waals surface area (Å²) in [6.07, 6.45) is 16.8. The second-order valence-electron chi connectivity index (χ2n) is 9.42. The van der Waals surface area contributed by atoms with E-state index in [-0.39, 0.29) is 0 Å². The van der Waals surface area contributed by atoms with Crippen molar-refractivity contribution >= 4 is 0 Å². The Morgan fingerprint density at radius 1 is 0.821 bits per heavy atom. The molecule has 1 fully saturated rings. The van der Waals surface area contributed by atoms with Crippen LogP contribution in [0.25, 0.3) is 0 Å². The molecule has 0 bridgehead atoms. The monoisotopic (exact) mass is 394 g/mol. The summed E-state index contributed by atoms with van der Waals surface area (Å²) >= 11 is 0. The molecule has 0 spiro atoms. The van der Waals surface area contributed by atoms with E-state index >= 15 is 0 Å². The van der Waals surface area contributed by atoms with Crippen LogP contribution in [0.5, 0.6) is 0 Å². The zero-order valence-electron chi connectivity index (χ0n) is 21.6. The second kappa shape index (κ2) is 24.5. The van der Waals surface area contributed by atoms with E-state index in [0.717, 1.165) is 17.8 Å². The summed E-state index contributed by atoms with van der Waals surface area (Å²) in [5.41, 5.74) is 2.48. The molecule has 0 radical (unpaired) electrons. The van der Waals surface area contributed by atoms with Crippen molar-refractivity contribution in [1.29, 1.82) is 0 Å². The maximum absolute atomic E-state index is 3.83. The Morgan fingerprint density at radius 2 is 1.29 bits per heavy atom. The number of hydrogen-bond acceptors (Lipinski definition) is 0. The van der Waals surface area contributed by atoms with E-state index < -0.39 is 0 Å². The Morgan fingerprint density at radius 3 is 1.61 bits per heavy atom. The van der Waals surface area contributed by atoms with Gasteiger partial charge in [-0.15, -0.1) is 13.2 Å². The number of hydrogen-bond donors (Lipinski definition) is 0. The average Bonchev–Trinajstić information content (AvgIpc) is 2.63. The zero-order valence-corrected chi connectivity index (χ0v) is 21.6. The molecule has 170 valence electrons. The van der Waals surface area contributed by atoms with Gasteiger partial charge in [0.15, 0.2) is 0 Å². The summed E-state index contributed by atoms with van der Waals surface area (Å²) < 4.78 is 0. The normalized spacial score (nSPS) is 17.9. The minimum atomic E-state index is 0.884. The summed E-state index contributed by atoms with van der Waals surface area (Å²) in [5, 5.41) is 0. The summed E-state index contributed by atoms with van der Waals surface area (Å²) in [6, 6.07) is 0. The molecule has 0 heterocycles. The molecular weight excluding hydrogens is 336 g/mol. The molecule has 0 aliphatic heterocycles. The number of allylic oxidation sites excluding steroid dienone is 2. The van der Waals surface area contributed by atoms with Crippen molar-refractivity contribution in [2.45, 2.75) is 139 Å². The van der Waals surface area contributed by atoms with Crippen LogP contribution >= 0.6 is 0 Å². The molecule has 0 heteroatoms. The van der Waals surface area contributed by atoms with Crippen LogP contribution in [-0.2, 0) is 0 Å². The molecule has 0 saturated heterocycles. The van der Waals surface area contributed by atoms with Crippen LogP contribution in [0.2, 0.25) is 0 Å². The Balaban J connectivity index is -0.000000324. The molecule has 1 rings (SSSR count). The van der Waals surface area contributed by atoms with Crippen molar-refractivity contribution < 1.29 is 0 Å². The molecule has 0 aromatic rings. The molecule has 1 saturated carbocycles. The summed E-state index contributed by atoms with van der Waals surface area (Å²) in [4.78, 5) is 0. The highest BCUT2D eigenvalue weighted by Gasteiger charge is 2.22. The van der Waals surface area contributed by atoms with Crippen LogP contribution in [0, 0.1) is 17.8 Å². The maximum Gasteiger partial charge on any atom is -0.0326 e. The fourth-order valence-corrected chi connectivity index (χ4v) is 3.25. The van der Waals surface area contributed by atoms with E-state index in [1.807, 2.05) is 13.8 Å². The van der Waals surface area contributed by atoms with Crippen molar-refractivity contribution in [3.05, 3.63) is 24.3 Å². The van der Waals surface area contributed by atoms with Crippen LogP contribution in [0.15, 0.2) is 24.3 Å². The van der Waals surface area contributed by atoms with Crippen LogP contribution in [-0.4, -0.2) is 0 Å². The van der Waals surface area contributed by atoms with Gasteiger partial charge in [-0.05, 0) is 51.4 Å². The SMILES string of the molecule is C=C(C)C.C=C(C)CCCCC.CCC(C)C.CCCC1CCCCC1CC. The standard InChI is InChI=1S/C11H22.C8H16.C5H12.C4H8/c1-3-7-11-9-6-5-8-10(11)4-2;1-4-5-6-7-8(2)3;1-4-5(2)3;1-4(2)3/h10-11H,3-9H2,1-2H3;2,4-7H2,1,3H3;5H,4H2,1-3H3;1H2,2-3H3. The maximum atomic E-state index is 3.83. The molecule has 2 atom stereocenters. The number of rotatable bonds is 8. The molecule has 28 heavy (non-hydrogen) atoms. The second-order valence-corrected chi connectivity index (χ2v) is 9.42. The lowest BCUT2D eigenvalue weighted by atomic mass is 9.76. The summed E-state index contributed by atoms with van der Waals surface area (Å²) in [7, 11) is 0. The van der Waals surface area contributed by atoms with E-state index in [9.17, 15) is 0 Å². The van der Waals surface area contributed by atoms with Gasteiger partial charge in [-0.1, -0.05) is 117 Å². The predicted molar refractivity (Wildman–Crippen MR) is 135 cm³/mol. The Bertz CT molecular complexity index is 317. The highest BCUT2D eigenvalue weighted by molar-refractivity contribution is 4.86. The van der Waals surface area contributed by atoms with Gasteiger partial charge in [-0.3, -0.25) is 0 Å². The van der Waals surface area contributed by atoms with Crippen LogP contribution in [0.1, 0.15) is 139 Å². The van der Waals surface area contributed by atoms with Crippen molar-refractivity contribution in [3.63, 3.8) is 0 Å². The molecule has 0 nitrogen and oxygen atoms in total. The van der Waals surface area contributed by atoms with Gasteiger partial charge in [-0.2, -0.15) is 0 Å². The van der Waals surface area contributed by atoms with Crippen molar-refractivity contribution in [3.8, 4) is 0 Å². The van der Waals surface area contributed by atoms with Gasteiger partial charge in [0.1, 0.15) is 0 Å². The van der Waals surface area contributed by atoms with Gasteiger partial charge >= 0.3 is 0 Å². The molecular formula is C28H58. The van der Waals surface area contributed by atoms with Gasteiger partial charge in [0, 0.05) is 0 Å². The lowest BCUT2D eigenvalue weighted by Gasteiger charge is -2.30. The fraction of sp³-hybridized carbons (Fsp3) is 0.857. The van der Waals surface area contributed by atoms with Crippen molar-refractivity contribution in [1.82, 2.24) is 0 Å². The van der Waals surface area contributed by atoms with E-state index in [4.69, 9.17) is 0 Å². The summed E-state index contributed by atoms with van der Waals surface area (Å²) in [5.74, 6) is 3.04. The molecule has 0 N–H and O–H groups in total. The first kappa shape index (κ1) is 32.2. The van der Waals surface area contributed by atoms with Crippen LogP contribution < -0.4 is 0 Å². The molecule has 0 aromatic carbocycles. The minimum Gasteiger partial charge on any atom is -0.100 e. The minimum absolute atomic E-state index is 0.884. The largest absolute Gasteiger partial charge is 0.100 e. The molecule has 0 aromatic heterocycles. The van der Waals surface area contributed by atoms with Crippen LogP contribution in [0.4, 0.5) is 0 Å². The van der Waals surface area contributed by atoms with Crippen molar-refractivity contribution in [2.24, 2.45) is 17.8 Å². The lowest BCUT2D eigenvalue weighted by Crippen LogP contribution is -2.18. The summed E-state index contributed by atoms with van der Waals surface area (Å²) in [6.45, 7) is 27.0. The third-order valence-corrected chi connectivity index (χ3v) is 5.27. The predicted octanol–water partition coefficient (Wildman–Crippen LogP) is 10.8. The molecule has 1 aliphatic rings. The fourth-order valence-electron chi connectivity index (χ4n) is 3.25. The van der Waals surface area contributed by atoms with E-state index in [1.165, 1.54) is 88.2 Å². The Labute approximate surface area is 181 Å².